The first kappa shape index (κ1) is 16.1. The fourth-order valence-corrected chi connectivity index (χ4v) is 3.35. The number of amides is 1. The van der Waals surface area contributed by atoms with E-state index in [0.29, 0.717) is 13.1 Å². The number of nitrogens with zero attached hydrogens (tertiary/aromatic N) is 1. The second-order valence-electron chi connectivity index (χ2n) is 5.33. The van der Waals surface area contributed by atoms with E-state index in [1.807, 2.05) is 13.8 Å². The van der Waals surface area contributed by atoms with Crippen molar-refractivity contribution >= 4 is 21.5 Å². The van der Waals surface area contributed by atoms with E-state index in [4.69, 9.17) is 0 Å². The van der Waals surface area contributed by atoms with E-state index in [9.17, 15) is 18.0 Å². The molecule has 0 saturated carbocycles. The second kappa shape index (κ2) is 6.47. The minimum Gasteiger partial charge on any atom is -0.345 e. The van der Waals surface area contributed by atoms with Gasteiger partial charge in [-0.3, -0.25) is 14.5 Å². The largest absolute Gasteiger partial charge is 0.345 e. The number of nitrogens with one attached hydrogen (secondary N) is 1. The van der Waals surface area contributed by atoms with E-state index in [-0.39, 0.29) is 35.7 Å². The highest BCUT2D eigenvalue weighted by atomic mass is 32.2. The summed E-state index contributed by atoms with van der Waals surface area (Å²) >= 11 is 0. The molecule has 1 heterocycles. The molecule has 1 aliphatic rings. The number of hydrogen-bond donors (Lipinski definition) is 1. The topological polar surface area (TPSA) is 83.6 Å². The predicted octanol–water partition coefficient (Wildman–Crippen LogP) is -0.553. The molecule has 0 spiro atoms. The van der Waals surface area contributed by atoms with Crippen molar-refractivity contribution in [1.82, 2.24) is 10.2 Å². The molecule has 1 atom stereocenters. The lowest BCUT2D eigenvalue weighted by Gasteiger charge is -2.27. The maximum absolute atomic E-state index is 11.8. The van der Waals surface area contributed by atoms with Crippen molar-refractivity contribution in [1.29, 1.82) is 0 Å². The highest BCUT2D eigenvalue weighted by Gasteiger charge is 2.25. The molecule has 0 aliphatic carbocycles. The van der Waals surface area contributed by atoms with Gasteiger partial charge in [-0.2, -0.15) is 0 Å². The van der Waals surface area contributed by atoms with E-state index in [1.165, 1.54) is 6.92 Å². The van der Waals surface area contributed by atoms with E-state index >= 15 is 0 Å². The van der Waals surface area contributed by atoms with Crippen LogP contribution in [0.4, 0.5) is 0 Å². The van der Waals surface area contributed by atoms with Gasteiger partial charge in [0.1, 0.15) is 0 Å². The molecule has 0 aromatic carbocycles. The Morgan fingerprint density at radius 3 is 2.16 bits per heavy atom. The Balaban J connectivity index is 2.45. The van der Waals surface area contributed by atoms with Gasteiger partial charge in [0, 0.05) is 13.1 Å². The zero-order valence-electron chi connectivity index (χ0n) is 11.7. The molecule has 19 heavy (non-hydrogen) atoms. The molecular weight excluding hydrogens is 268 g/mol. The quantitative estimate of drug-likeness (QED) is 0.734. The molecule has 0 aromatic rings. The number of hydrogen-bond acceptors (Lipinski definition) is 5. The van der Waals surface area contributed by atoms with Crippen molar-refractivity contribution < 1.29 is 18.0 Å². The van der Waals surface area contributed by atoms with Gasteiger partial charge in [-0.05, 0) is 12.8 Å². The van der Waals surface area contributed by atoms with E-state index < -0.39 is 15.9 Å². The van der Waals surface area contributed by atoms with Crippen molar-refractivity contribution in [3.63, 3.8) is 0 Å². The zero-order valence-corrected chi connectivity index (χ0v) is 12.5. The number of Topliss-reactive ketones (excluding diaryl/α,β-unsaturated/α-hetero) is 1. The third kappa shape index (κ3) is 5.28. The molecule has 0 radical (unpaired) electrons. The van der Waals surface area contributed by atoms with Crippen molar-refractivity contribution in [2.75, 3.05) is 31.1 Å². The smallest absolute Gasteiger partial charge is 0.234 e. The van der Waals surface area contributed by atoms with Crippen LogP contribution in [0, 0.1) is 5.92 Å². The molecule has 7 heteroatoms. The zero-order chi connectivity index (χ0) is 14.6. The van der Waals surface area contributed by atoms with Crippen LogP contribution in [0.15, 0.2) is 0 Å². The first-order chi connectivity index (χ1) is 8.71. The van der Waals surface area contributed by atoms with Crippen molar-refractivity contribution in [2.24, 2.45) is 5.92 Å². The van der Waals surface area contributed by atoms with Crippen molar-refractivity contribution in [3.8, 4) is 0 Å². The SMILES string of the molecule is CC(=O)C(NC(=O)CN1CCS(=O)(=O)CC1)C(C)C. The molecule has 1 rings (SSSR count). The summed E-state index contributed by atoms with van der Waals surface area (Å²) in [5.41, 5.74) is 0. The van der Waals surface area contributed by atoms with Gasteiger partial charge >= 0.3 is 0 Å². The third-order valence-corrected chi connectivity index (χ3v) is 4.83. The summed E-state index contributed by atoms with van der Waals surface area (Å²) in [6, 6.07) is -0.471. The standard InChI is InChI=1S/C12H22N2O4S/c1-9(2)12(10(3)15)13-11(16)8-14-4-6-19(17,18)7-5-14/h9,12H,4-8H2,1-3H3,(H,13,16). The Morgan fingerprint density at radius 2 is 1.74 bits per heavy atom. The first-order valence-electron chi connectivity index (χ1n) is 6.44. The Hall–Kier alpha value is -0.950. The molecule has 1 amide bonds. The van der Waals surface area contributed by atoms with Crippen LogP contribution in [0.1, 0.15) is 20.8 Å². The minimum atomic E-state index is -2.93. The van der Waals surface area contributed by atoms with Gasteiger partial charge in [0.2, 0.25) is 5.91 Å². The number of rotatable bonds is 5. The fourth-order valence-electron chi connectivity index (χ4n) is 2.07. The highest BCUT2D eigenvalue weighted by molar-refractivity contribution is 7.91. The lowest BCUT2D eigenvalue weighted by atomic mass is 10.0. The summed E-state index contributed by atoms with van der Waals surface area (Å²) in [6.07, 6.45) is 0. The van der Waals surface area contributed by atoms with Gasteiger partial charge < -0.3 is 5.32 Å². The molecule has 1 fully saturated rings. The van der Waals surface area contributed by atoms with Crippen LogP contribution < -0.4 is 5.32 Å². The summed E-state index contributed by atoms with van der Waals surface area (Å²) in [7, 11) is -2.93. The highest BCUT2D eigenvalue weighted by Crippen LogP contribution is 2.05. The van der Waals surface area contributed by atoms with Gasteiger partial charge in [0.25, 0.3) is 0 Å². The molecule has 0 aromatic heterocycles. The molecule has 1 unspecified atom stereocenters. The Bertz CT molecular complexity index is 431. The number of carbonyl (C=O) groups is 2. The Morgan fingerprint density at radius 1 is 1.21 bits per heavy atom. The number of carbonyl (C=O) groups excluding carboxylic acids is 2. The third-order valence-electron chi connectivity index (χ3n) is 3.23. The first-order valence-corrected chi connectivity index (χ1v) is 8.26. The number of sulfone groups is 1. The molecule has 6 nitrogen and oxygen atoms in total. The van der Waals surface area contributed by atoms with E-state index in [0.717, 1.165) is 0 Å². The van der Waals surface area contributed by atoms with Gasteiger partial charge in [-0.1, -0.05) is 13.8 Å². The van der Waals surface area contributed by atoms with Gasteiger partial charge in [0.15, 0.2) is 15.6 Å². The summed E-state index contributed by atoms with van der Waals surface area (Å²) in [6.45, 7) is 6.11. The van der Waals surface area contributed by atoms with Crippen LogP contribution in [0.2, 0.25) is 0 Å². The van der Waals surface area contributed by atoms with Crippen LogP contribution in [0.25, 0.3) is 0 Å². The van der Waals surface area contributed by atoms with Gasteiger partial charge in [-0.15, -0.1) is 0 Å². The second-order valence-corrected chi connectivity index (χ2v) is 7.63. The van der Waals surface area contributed by atoms with Gasteiger partial charge in [0.05, 0.1) is 24.1 Å². The Kier molecular flexibility index (Phi) is 5.49. The maximum atomic E-state index is 11.8. The number of ketones is 1. The summed E-state index contributed by atoms with van der Waals surface area (Å²) in [5, 5.41) is 2.70. The predicted molar refractivity (Wildman–Crippen MR) is 72.5 cm³/mol. The molecule has 1 saturated heterocycles. The molecule has 0 bridgehead atoms. The van der Waals surface area contributed by atoms with E-state index in [2.05, 4.69) is 5.32 Å². The summed E-state index contributed by atoms with van der Waals surface area (Å²) in [5.74, 6) is -0.0535. The summed E-state index contributed by atoms with van der Waals surface area (Å²) < 4.78 is 22.5. The van der Waals surface area contributed by atoms with Gasteiger partial charge in [-0.25, -0.2) is 8.42 Å². The minimum absolute atomic E-state index is 0.0446. The van der Waals surface area contributed by atoms with Crippen molar-refractivity contribution in [3.05, 3.63) is 0 Å². The normalized spacial score (nSPS) is 21.1. The van der Waals surface area contributed by atoms with E-state index in [1.54, 1.807) is 4.90 Å². The average molecular weight is 290 g/mol. The average Bonchev–Trinajstić information content (AvgIpc) is 2.28. The van der Waals surface area contributed by atoms with Crippen LogP contribution >= 0.6 is 0 Å². The van der Waals surface area contributed by atoms with Crippen LogP contribution in [-0.4, -0.2) is 62.2 Å². The molecular formula is C12H22N2O4S. The molecule has 110 valence electrons. The van der Waals surface area contributed by atoms with Crippen LogP contribution in [-0.2, 0) is 19.4 Å². The maximum Gasteiger partial charge on any atom is 0.234 e. The monoisotopic (exact) mass is 290 g/mol. The van der Waals surface area contributed by atoms with Crippen LogP contribution in [0.3, 0.4) is 0 Å². The molecule has 1 aliphatic heterocycles. The van der Waals surface area contributed by atoms with Crippen molar-refractivity contribution in [2.45, 2.75) is 26.8 Å². The fraction of sp³-hybridized carbons (Fsp3) is 0.833. The Labute approximate surface area is 114 Å². The lowest BCUT2D eigenvalue weighted by molar-refractivity contribution is -0.128. The molecule has 1 N–H and O–H groups in total. The summed E-state index contributed by atoms with van der Waals surface area (Å²) in [4.78, 5) is 25.0. The van der Waals surface area contributed by atoms with Crippen LogP contribution in [0.5, 0.6) is 0 Å². The lowest BCUT2D eigenvalue weighted by Crippen LogP contribution is -2.50.